The van der Waals surface area contributed by atoms with E-state index >= 15 is 0 Å². The van der Waals surface area contributed by atoms with E-state index in [4.69, 9.17) is 12.2 Å². The maximum Gasteiger partial charge on any atom is 0.271 e. The number of hydrogen-bond acceptors (Lipinski definition) is 5. The maximum absolute atomic E-state index is 10.6. The Morgan fingerprint density at radius 3 is 2.81 bits per heavy atom. The molecule has 82 valence electrons. The number of aromatic hydroxyl groups is 1. The van der Waals surface area contributed by atoms with E-state index in [1.165, 1.54) is 33.4 Å². The molecule has 0 spiro atoms. The fourth-order valence-electron chi connectivity index (χ4n) is 1.29. The fourth-order valence-corrected chi connectivity index (χ4v) is 2.24. The van der Waals surface area contributed by atoms with Crippen molar-refractivity contribution in [1.29, 1.82) is 0 Å². The highest BCUT2D eigenvalue weighted by Gasteiger charge is 2.10. The highest BCUT2D eigenvalue weighted by Crippen LogP contribution is 2.25. The molecule has 1 N–H and O–H groups in total. The Bertz CT molecular complexity index is 603. The van der Waals surface area contributed by atoms with Gasteiger partial charge in [0, 0.05) is 12.1 Å². The highest BCUT2D eigenvalue weighted by atomic mass is 32.1. The summed E-state index contributed by atoms with van der Waals surface area (Å²) in [6, 6.07) is 5.94. The van der Waals surface area contributed by atoms with E-state index in [-0.39, 0.29) is 11.6 Å². The van der Waals surface area contributed by atoms with E-state index in [0.717, 1.165) is 0 Å². The topological polar surface area (TPSA) is 68.3 Å². The van der Waals surface area contributed by atoms with Crippen LogP contribution in [-0.4, -0.2) is 14.6 Å². The summed E-state index contributed by atoms with van der Waals surface area (Å²) in [5.41, 5.74) is 0.447. The smallest absolute Gasteiger partial charge is 0.271 e. The van der Waals surface area contributed by atoms with E-state index < -0.39 is 4.92 Å². The minimum atomic E-state index is -0.490. The van der Waals surface area contributed by atoms with Crippen molar-refractivity contribution in [1.82, 2.24) is 4.57 Å². The van der Waals surface area contributed by atoms with Crippen LogP contribution in [0.5, 0.6) is 5.88 Å². The number of benzene rings is 1. The van der Waals surface area contributed by atoms with Gasteiger partial charge in [-0.25, -0.2) is 0 Å². The van der Waals surface area contributed by atoms with Crippen molar-refractivity contribution in [3.8, 4) is 11.6 Å². The molecule has 0 radical (unpaired) electrons. The Kier molecular flexibility index (Phi) is 2.71. The van der Waals surface area contributed by atoms with Crippen molar-refractivity contribution in [3.05, 3.63) is 43.7 Å². The summed E-state index contributed by atoms with van der Waals surface area (Å²) in [6.07, 6.45) is 0. The lowest BCUT2D eigenvalue weighted by molar-refractivity contribution is -0.384. The van der Waals surface area contributed by atoms with Gasteiger partial charge in [0.15, 0.2) is 3.95 Å². The molecule has 0 aliphatic carbocycles. The average Bonchev–Trinajstić information content (AvgIpc) is 2.59. The molecule has 0 aliphatic rings. The number of non-ortho nitro benzene ring substituents is 1. The van der Waals surface area contributed by atoms with Gasteiger partial charge in [0.05, 0.1) is 16.0 Å². The van der Waals surface area contributed by atoms with Gasteiger partial charge < -0.3 is 5.11 Å². The number of nitro groups is 1. The molecule has 0 fully saturated rings. The van der Waals surface area contributed by atoms with Gasteiger partial charge in [-0.1, -0.05) is 6.07 Å². The molecule has 0 saturated heterocycles. The molecule has 2 rings (SSSR count). The minimum absolute atomic E-state index is 0.0181. The lowest BCUT2D eigenvalue weighted by atomic mass is 10.3. The number of aromatic nitrogens is 1. The normalized spacial score (nSPS) is 10.2. The van der Waals surface area contributed by atoms with Gasteiger partial charge in [0.25, 0.3) is 5.69 Å². The van der Waals surface area contributed by atoms with Crippen molar-refractivity contribution in [2.75, 3.05) is 0 Å². The summed E-state index contributed by atoms with van der Waals surface area (Å²) >= 11 is 6.21. The van der Waals surface area contributed by atoms with Crippen LogP contribution in [0.1, 0.15) is 0 Å². The standard InChI is InChI=1S/C9H6N2O3S2/c12-8-5-16-9(15)10(8)6-2-1-3-7(4-6)11(13)14/h1-5,12H. The van der Waals surface area contributed by atoms with Gasteiger partial charge in [-0.2, -0.15) is 0 Å². The molecular formula is C9H6N2O3S2. The summed E-state index contributed by atoms with van der Waals surface area (Å²) in [6.45, 7) is 0. The predicted octanol–water partition coefficient (Wildman–Crippen LogP) is 2.88. The number of thiazole rings is 1. The third-order valence-electron chi connectivity index (χ3n) is 1.98. The second kappa shape index (κ2) is 4.03. The van der Waals surface area contributed by atoms with Crippen molar-refractivity contribution >= 4 is 29.2 Å². The average molecular weight is 254 g/mol. The third kappa shape index (κ3) is 1.82. The predicted molar refractivity (Wildman–Crippen MR) is 62.8 cm³/mol. The SMILES string of the molecule is O=[N+]([O-])c1cccc(-n2c(O)csc2=S)c1. The lowest BCUT2D eigenvalue weighted by Crippen LogP contribution is -1.94. The van der Waals surface area contributed by atoms with E-state index in [1.807, 2.05) is 0 Å². The Labute approximate surface area is 99.4 Å². The Morgan fingerprint density at radius 2 is 2.25 bits per heavy atom. The van der Waals surface area contributed by atoms with Crippen LogP contribution in [0.2, 0.25) is 0 Å². The van der Waals surface area contributed by atoms with Crippen LogP contribution in [0.25, 0.3) is 5.69 Å². The first-order valence-electron chi connectivity index (χ1n) is 4.24. The third-order valence-corrected chi connectivity index (χ3v) is 3.16. The van der Waals surface area contributed by atoms with Gasteiger partial charge in [0.2, 0.25) is 5.88 Å². The van der Waals surface area contributed by atoms with Crippen LogP contribution in [0.3, 0.4) is 0 Å². The van der Waals surface area contributed by atoms with Crippen LogP contribution >= 0.6 is 23.6 Å². The molecule has 0 saturated carbocycles. The summed E-state index contributed by atoms with van der Waals surface area (Å²) in [4.78, 5) is 10.1. The fraction of sp³-hybridized carbons (Fsp3) is 0. The first kappa shape index (κ1) is 10.8. The lowest BCUT2D eigenvalue weighted by Gasteiger charge is -2.03. The number of nitrogens with zero attached hydrogens (tertiary/aromatic N) is 2. The Morgan fingerprint density at radius 1 is 1.50 bits per heavy atom. The quantitative estimate of drug-likeness (QED) is 0.508. The van der Waals surface area contributed by atoms with Gasteiger partial charge in [-0.3, -0.25) is 14.7 Å². The maximum atomic E-state index is 10.6. The molecule has 0 amide bonds. The molecule has 16 heavy (non-hydrogen) atoms. The molecule has 7 heteroatoms. The number of rotatable bonds is 2. The zero-order valence-electron chi connectivity index (χ0n) is 7.86. The molecular weight excluding hydrogens is 248 g/mol. The van der Waals surface area contributed by atoms with E-state index in [0.29, 0.717) is 9.64 Å². The molecule has 0 atom stereocenters. The first-order valence-corrected chi connectivity index (χ1v) is 5.53. The molecule has 0 aliphatic heterocycles. The summed E-state index contributed by atoms with van der Waals surface area (Å²) in [5, 5.41) is 21.6. The molecule has 1 aromatic heterocycles. The van der Waals surface area contributed by atoms with Crippen LogP contribution in [0, 0.1) is 14.1 Å². The van der Waals surface area contributed by atoms with Gasteiger partial charge in [-0.15, -0.1) is 11.3 Å². The number of hydrogen-bond donors (Lipinski definition) is 1. The Balaban J connectivity index is 2.61. The summed E-state index contributed by atoms with van der Waals surface area (Å²) in [5.74, 6) is -0.0181. The molecule has 1 heterocycles. The van der Waals surface area contributed by atoms with Gasteiger partial charge in [-0.05, 0) is 18.3 Å². The van der Waals surface area contributed by atoms with Crippen molar-refractivity contribution in [3.63, 3.8) is 0 Å². The zero-order valence-corrected chi connectivity index (χ0v) is 9.49. The van der Waals surface area contributed by atoms with E-state index in [9.17, 15) is 15.2 Å². The molecule has 1 aromatic carbocycles. The largest absolute Gasteiger partial charge is 0.494 e. The Hall–Kier alpha value is -1.73. The second-order valence-corrected chi connectivity index (χ2v) is 4.48. The van der Waals surface area contributed by atoms with E-state index in [1.54, 1.807) is 12.1 Å². The van der Waals surface area contributed by atoms with Crippen molar-refractivity contribution in [2.45, 2.75) is 0 Å². The van der Waals surface area contributed by atoms with Crippen LogP contribution in [0.4, 0.5) is 5.69 Å². The van der Waals surface area contributed by atoms with Crippen molar-refractivity contribution < 1.29 is 10.0 Å². The number of nitro benzene ring substituents is 1. The van der Waals surface area contributed by atoms with Crippen LogP contribution in [0.15, 0.2) is 29.6 Å². The molecule has 0 unspecified atom stereocenters. The zero-order chi connectivity index (χ0) is 11.7. The van der Waals surface area contributed by atoms with Crippen LogP contribution in [-0.2, 0) is 0 Å². The van der Waals surface area contributed by atoms with Gasteiger partial charge in [0.1, 0.15) is 0 Å². The highest BCUT2D eigenvalue weighted by molar-refractivity contribution is 7.73. The van der Waals surface area contributed by atoms with E-state index in [2.05, 4.69) is 0 Å². The second-order valence-electron chi connectivity index (χ2n) is 2.97. The monoisotopic (exact) mass is 254 g/mol. The minimum Gasteiger partial charge on any atom is -0.494 e. The van der Waals surface area contributed by atoms with Crippen LogP contribution < -0.4 is 0 Å². The molecule has 2 aromatic rings. The summed E-state index contributed by atoms with van der Waals surface area (Å²) < 4.78 is 1.82. The molecule has 5 nitrogen and oxygen atoms in total. The van der Waals surface area contributed by atoms with Crippen molar-refractivity contribution in [2.24, 2.45) is 0 Å². The first-order chi connectivity index (χ1) is 7.59. The molecule has 0 bridgehead atoms. The van der Waals surface area contributed by atoms with Gasteiger partial charge >= 0.3 is 0 Å². The summed E-state index contributed by atoms with van der Waals surface area (Å²) in [7, 11) is 0.